The van der Waals surface area contributed by atoms with E-state index in [0.29, 0.717) is 18.0 Å². The van der Waals surface area contributed by atoms with E-state index in [0.717, 1.165) is 12.4 Å². The molecule has 0 unspecified atom stereocenters. The van der Waals surface area contributed by atoms with E-state index in [1.807, 2.05) is 6.20 Å². The molecule has 112 valence electrons. The molecule has 0 amide bonds. The Kier molecular flexibility index (Phi) is 5.41. The van der Waals surface area contributed by atoms with Gasteiger partial charge in [0.05, 0.1) is 0 Å². The molecule has 3 heteroatoms. The van der Waals surface area contributed by atoms with E-state index in [1.165, 1.54) is 31.4 Å². The maximum absolute atomic E-state index is 4.58. The number of piperidine rings is 1. The summed E-state index contributed by atoms with van der Waals surface area (Å²) in [4.78, 5) is 7.21. The SMILES string of the molecule is CC(C)CNc1ncccc1[C@H]1CCCCN1C(C)C. The van der Waals surface area contributed by atoms with Crippen LogP contribution < -0.4 is 5.32 Å². The summed E-state index contributed by atoms with van der Waals surface area (Å²) in [6.45, 7) is 11.3. The highest BCUT2D eigenvalue weighted by atomic mass is 15.2. The zero-order chi connectivity index (χ0) is 14.5. The van der Waals surface area contributed by atoms with Crippen molar-refractivity contribution in [3.05, 3.63) is 23.9 Å². The molecule has 0 saturated carbocycles. The van der Waals surface area contributed by atoms with Crippen molar-refractivity contribution in [2.75, 3.05) is 18.4 Å². The highest BCUT2D eigenvalue weighted by molar-refractivity contribution is 5.46. The zero-order valence-corrected chi connectivity index (χ0v) is 13.4. The third-order valence-corrected chi connectivity index (χ3v) is 4.08. The first-order valence-corrected chi connectivity index (χ1v) is 8.04. The van der Waals surface area contributed by atoms with E-state index < -0.39 is 0 Å². The number of rotatable bonds is 5. The van der Waals surface area contributed by atoms with Crippen LogP contribution in [0.25, 0.3) is 0 Å². The number of hydrogen-bond acceptors (Lipinski definition) is 3. The average molecular weight is 275 g/mol. The van der Waals surface area contributed by atoms with Gasteiger partial charge in [0.2, 0.25) is 0 Å². The number of likely N-dealkylation sites (tertiary alicyclic amines) is 1. The molecular weight excluding hydrogens is 246 g/mol. The molecule has 1 aromatic heterocycles. The quantitative estimate of drug-likeness (QED) is 0.877. The molecule has 1 aliphatic rings. The summed E-state index contributed by atoms with van der Waals surface area (Å²) in [6.07, 6.45) is 5.80. The molecule has 0 bridgehead atoms. The Labute approximate surface area is 123 Å². The third-order valence-electron chi connectivity index (χ3n) is 4.08. The lowest BCUT2D eigenvalue weighted by Crippen LogP contribution is -2.38. The summed E-state index contributed by atoms with van der Waals surface area (Å²) in [5.41, 5.74) is 1.38. The molecule has 1 aromatic rings. The minimum absolute atomic E-state index is 0.520. The van der Waals surface area contributed by atoms with Crippen molar-refractivity contribution in [2.45, 2.75) is 59.0 Å². The van der Waals surface area contributed by atoms with Crippen molar-refractivity contribution in [3.63, 3.8) is 0 Å². The van der Waals surface area contributed by atoms with Crippen molar-refractivity contribution >= 4 is 5.82 Å². The van der Waals surface area contributed by atoms with Gasteiger partial charge in [0.15, 0.2) is 0 Å². The first kappa shape index (κ1) is 15.3. The maximum Gasteiger partial charge on any atom is 0.130 e. The molecule has 0 aromatic carbocycles. The van der Waals surface area contributed by atoms with Crippen LogP contribution >= 0.6 is 0 Å². The average Bonchev–Trinajstić information content (AvgIpc) is 2.45. The normalized spacial score (nSPS) is 20.6. The minimum atomic E-state index is 0.520. The predicted octanol–water partition coefficient (Wildman–Crippen LogP) is 4.08. The van der Waals surface area contributed by atoms with Crippen LogP contribution in [0.4, 0.5) is 5.82 Å². The Hall–Kier alpha value is -1.09. The zero-order valence-electron chi connectivity index (χ0n) is 13.4. The van der Waals surface area contributed by atoms with Gasteiger partial charge in [-0.2, -0.15) is 0 Å². The molecule has 1 aliphatic heterocycles. The highest BCUT2D eigenvalue weighted by Crippen LogP contribution is 2.35. The first-order chi connectivity index (χ1) is 9.59. The predicted molar refractivity (Wildman–Crippen MR) is 86.0 cm³/mol. The topological polar surface area (TPSA) is 28.2 Å². The Bertz CT molecular complexity index is 414. The fraction of sp³-hybridized carbons (Fsp3) is 0.706. The van der Waals surface area contributed by atoms with Crippen LogP contribution in [0.1, 0.15) is 58.6 Å². The van der Waals surface area contributed by atoms with Gasteiger partial charge in [-0.3, -0.25) is 4.90 Å². The van der Waals surface area contributed by atoms with Gasteiger partial charge in [-0.15, -0.1) is 0 Å². The van der Waals surface area contributed by atoms with Crippen molar-refractivity contribution < 1.29 is 0 Å². The second-order valence-corrected chi connectivity index (χ2v) is 6.56. The number of pyridine rings is 1. The Morgan fingerprint density at radius 1 is 1.30 bits per heavy atom. The smallest absolute Gasteiger partial charge is 0.130 e. The molecule has 2 heterocycles. The molecule has 0 spiro atoms. The monoisotopic (exact) mass is 275 g/mol. The number of nitrogens with zero attached hydrogens (tertiary/aromatic N) is 2. The van der Waals surface area contributed by atoms with Gasteiger partial charge in [0.25, 0.3) is 0 Å². The van der Waals surface area contributed by atoms with Gasteiger partial charge in [0.1, 0.15) is 5.82 Å². The lowest BCUT2D eigenvalue weighted by atomic mass is 9.94. The Balaban J connectivity index is 2.21. The fourth-order valence-corrected chi connectivity index (χ4v) is 3.04. The van der Waals surface area contributed by atoms with Gasteiger partial charge in [-0.05, 0) is 45.2 Å². The highest BCUT2D eigenvalue weighted by Gasteiger charge is 2.27. The van der Waals surface area contributed by atoms with Crippen LogP contribution in [0.3, 0.4) is 0 Å². The van der Waals surface area contributed by atoms with Gasteiger partial charge in [-0.1, -0.05) is 26.3 Å². The van der Waals surface area contributed by atoms with Crippen LogP contribution in [-0.2, 0) is 0 Å². The van der Waals surface area contributed by atoms with Gasteiger partial charge in [0, 0.05) is 30.4 Å². The molecule has 1 N–H and O–H groups in total. The van der Waals surface area contributed by atoms with Gasteiger partial charge < -0.3 is 5.32 Å². The van der Waals surface area contributed by atoms with Crippen molar-refractivity contribution in [3.8, 4) is 0 Å². The fourth-order valence-electron chi connectivity index (χ4n) is 3.04. The van der Waals surface area contributed by atoms with Crippen LogP contribution in [0.15, 0.2) is 18.3 Å². The number of hydrogen-bond donors (Lipinski definition) is 1. The molecule has 20 heavy (non-hydrogen) atoms. The number of aromatic nitrogens is 1. The molecule has 1 atom stereocenters. The van der Waals surface area contributed by atoms with E-state index in [1.54, 1.807) is 0 Å². The van der Waals surface area contributed by atoms with Crippen LogP contribution in [0.5, 0.6) is 0 Å². The maximum atomic E-state index is 4.58. The molecular formula is C17H29N3. The Morgan fingerprint density at radius 3 is 2.80 bits per heavy atom. The van der Waals surface area contributed by atoms with Crippen molar-refractivity contribution in [1.29, 1.82) is 0 Å². The van der Waals surface area contributed by atoms with Crippen LogP contribution in [0, 0.1) is 5.92 Å². The second-order valence-electron chi connectivity index (χ2n) is 6.56. The van der Waals surface area contributed by atoms with Gasteiger partial charge >= 0.3 is 0 Å². The summed E-state index contributed by atoms with van der Waals surface area (Å²) in [6, 6.07) is 5.44. The summed E-state index contributed by atoms with van der Waals surface area (Å²) in [5, 5.41) is 3.53. The van der Waals surface area contributed by atoms with Gasteiger partial charge in [-0.25, -0.2) is 4.98 Å². The van der Waals surface area contributed by atoms with Crippen molar-refractivity contribution in [1.82, 2.24) is 9.88 Å². The summed E-state index contributed by atoms with van der Waals surface area (Å²) >= 11 is 0. The summed E-state index contributed by atoms with van der Waals surface area (Å²) < 4.78 is 0. The lowest BCUT2D eigenvalue weighted by molar-refractivity contribution is 0.112. The first-order valence-electron chi connectivity index (χ1n) is 8.04. The summed E-state index contributed by atoms with van der Waals surface area (Å²) in [7, 11) is 0. The Morgan fingerprint density at radius 2 is 2.10 bits per heavy atom. The van der Waals surface area contributed by atoms with E-state index in [-0.39, 0.29) is 0 Å². The molecule has 0 radical (unpaired) electrons. The largest absolute Gasteiger partial charge is 0.370 e. The summed E-state index contributed by atoms with van der Waals surface area (Å²) in [5.74, 6) is 1.72. The second kappa shape index (κ2) is 7.07. The third kappa shape index (κ3) is 3.72. The van der Waals surface area contributed by atoms with Crippen LogP contribution in [0.2, 0.25) is 0 Å². The molecule has 1 fully saturated rings. The standard InChI is InChI=1S/C17H29N3/c1-13(2)12-19-17-15(8-7-10-18-17)16-9-5-6-11-20(16)14(3)4/h7-8,10,13-14,16H,5-6,9,11-12H2,1-4H3,(H,18,19)/t16-/m1/s1. The van der Waals surface area contributed by atoms with E-state index in [9.17, 15) is 0 Å². The van der Waals surface area contributed by atoms with E-state index in [2.05, 4.69) is 55.0 Å². The number of nitrogens with one attached hydrogen (secondary N) is 1. The number of anilines is 1. The van der Waals surface area contributed by atoms with Crippen molar-refractivity contribution in [2.24, 2.45) is 5.92 Å². The van der Waals surface area contributed by atoms with E-state index >= 15 is 0 Å². The van der Waals surface area contributed by atoms with Crippen LogP contribution in [-0.4, -0.2) is 29.0 Å². The molecule has 2 rings (SSSR count). The lowest BCUT2D eigenvalue weighted by Gasteiger charge is -2.39. The van der Waals surface area contributed by atoms with E-state index in [4.69, 9.17) is 0 Å². The molecule has 3 nitrogen and oxygen atoms in total. The minimum Gasteiger partial charge on any atom is -0.370 e. The molecule has 0 aliphatic carbocycles. The molecule has 1 saturated heterocycles.